The molecule has 142 valence electrons. The van der Waals surface area contributed by atoms with E-state index in [9.17, 15) is 8.42 Å². The summed E-state index contributed by atoms with van der Waals surface area (Å²) in [5, 5.41) is 0.134. The van der Waals surface area contributed by atoms with Crippen LogP contribution in [0.25, 0.3) is 0 Å². The predicted octanol–water partition coefficient (Wildman–Crippen LogP) is 2.75. The maximum atomic E-state index is 12.5. The lowest BCUT2D eigenvalue weighted by atomic mass is 10.2. The summed E-state index contributed by atoms with van der Waals surface area (Å²) in [5.41, 5.74) is 2.87. The minimum absolute atomic E-state index is 0.0298. The minimum Gasteiger partial charge on any atom is -0.313 e. The first-order valence-electron chi connectivity index (χ1n) is 8.89. The number of benzene rings is 1. The Balaban J connectivity index is 1.88. The van der Waals surface area contributed by atoms with E-state index in [0.717, 1.165) is 17.0 Å². The highest BCUT2D eigenvalue weighted by Crippen LogP contribution is 2.17. The van der Waals surface area contributed by atoms with E-state index >= 15 is 0 Å². The predicted molar refractivity (Wildman–Crippen MR) is 105 cm³/mol. The zero-order chi connectivity index (χ0) is 19.3. The molecule has 0 aliphatic carbocycles. The molecule has 1 aromatic carbocycles. The number of hydrogen-bond acceptors (Lipinski definition) is 5. The van der Waals surface area contributed by atoms with Gasteiger partial charge >= 0.3 is 0 Å². The minimum atomic E-state index is -3.40. The van der Waals surface area contributed by atoms with E-state index in [1.54, 1.807) is 19.3 Å². The molecule has 0 aliphatic heterocycles. The van der Waals surface area contributed by atoms with Crippen LogP contribution in [-0.2, 0) is 29.5 Å². The fourth-order valence-corrected chi connectivity index (χ4v) is 3.92. The standard InChI is InChI=1S/C20H24N4O2S/c1-3-27(25,26)20-22-13-19(24(20)14-17-9-5-4-6-10-17)16-23(2)15-18-11-7-8-12-21-18/h4-13H,3,14-16H2,1-2H3. The van der Waals surface area contributed by atoms with Gasteiger partial charge < -0.3 is 4.57 Å². The first kappa shape index (κ1) is 19.3. The van der Waals surface area contributed by atoms with Gasteiger partial charge in [-0.1, -0.05) is 43.3 Å². The van der Waals surface area contributed by atoms with Crippen LogP contribution < -0.4 is 0 Å². The fraction of sp³-hybridized carbons (Fsp3) is 0.300. The van der Waals surface area contributed by atoms with E-state index in [4.69, 9.17) is 0 Å². The highest BCUT2D eigenvalue weighted by Gasteiger charge is 2.22. The van der Waals surface area contributed by atoms with Crippen molar-refractivity contribution in [3.8, 4) is 0 Å². The Labute approximate surface area is 160 Å². The first-order chi connectivity index (χ1) is 13.0. The summed E-state index contributed by atoms with van der Waals surface area (Å²) in [6.07, 6.45) is 3.44. The van der Waals surface area contributed by atoms with Gasteiger partial charge in [0, 0.05) is 19.3 Å². The van der Waals surface area contributed by atoms with Crippen molar-refractivity contribution in [2.75, 3.05) is 12.8 Å². The molecule has 0 aliphatic rings. The molecule has 7 heteroatoms. The average molecular weight is 385 g/mol. The monoisotopic (exact) mass is 384 g/mol. The summed E-state index contributed by atoms with van der Waals surface area (Å²) >= 11 is 0. The molecule has 3 aromatic rings. The summed E-state index contributed by atoms with van der Waals surface area (Å²) in [6.45, 7) is 3.37. The first-order valence-corrected chi connectivity index (χ1v) is 10.5. The summed E-state index contributed by atoms with van der Waals surface area (Å²) in [7, 11) is -1.41. The van der Waals surface area contributed by atoms with Gasteiger partial charge in [-0.05, 0) is 24.7 Å². The molecule has 0 bridgehead atoms. The Morgan fingerprint density at radius 1 is 1.00 bits per heavy atom. The van der Waals surface area contributed by atoms with Gasteiger partial charge in [0.2, 0.25) is 15.0 Å². The van der Waals surface area contributed by atoms with Crippen molar-refractivity contribution >= 4 is 9.84 Å². The van der Waals surface area contributed by atoms with Gasteiger partial charge in [0.25, 0.3) is 0 Å². The van der Waals surface area contributed by atoms with E-state index in [0.29, 0.717) is 19.6 Å². The lowest BCUT2D eigenvalue weighted by Gasteiger charge is -2.18. The summed E-state index contributed by atoms with van der Waals surface area (Å²) < 4.78 is 26.8. The number of aromatic nitrogens is 3. The van der Waals surface area contributed by atoms with Crippen molar-refractivity contribution in [2.24, 2.45) is 0 Å². The highest BCUT2D eigenvalue weighted by atomic mass is 32.2. The van der Waals surface area contributed by atoms with Gasteiger partial charge in [-0.3, -0.25) is 9.88 Å². The molecule has 0 saturated carbocycles. The van der Waals surface area contributed by atoms with Crippen molar-refractivity contribution in [1.29, 1.82) is 0 Å². The van der Waals surface area contributed by atoms with Crippen LogP contribution in [0.5, 0.6) is 0 Å². The SMILES string of the molecule is CCS(=O)(=O)c1ncc(CN(C)Cc2ccccn2)n1Cc1ccccc1. The summed E-state index contributed by atoms with van der Waals surface area (Å²) in [4.78, 5) is 10.7. The Morgan fingerprint density at radius 2 is 1.74 bits per heavy atom. The van der Waals surface area contributed by atoms with Gasteiger partial charge in [-0.2, -0.15) is 0 Å². The smallest absolute Gasteiger partial charge is 0.228 e. The lowest BCUT2D eigenvalue weighted by molar-refractivity contribution is 0.305. The molecule has 2 aromatic heterocycles. The molecule has 6 nitrogen and oxygen atoms in total. The second-order valence-corrected chi connectivity index (χ2v) is 8.67. The number of pyridine rings is 1. The Bertz CT molecular complexity index is 970. The molecule has 0 radical (unpaired) electrons. The van der Waals surface area contributed by atoms with Crippen LogP contribution in [0.15, 0.2) is 66.1 Å². The Morgan fingerprint density at radius 3 is 2.41 bits per heavy atom. The zero-order valence-electron chi connectivity index (χ0n) is 15.6. The fourth-order valence-electron chi connectivity index (χ4n) is 2.93. The summed E-state index contributed by atoms with van der Waals surface area (Å²) in [6, 6.07) is 15.7. The normalized spacial score (nSPS) is 11.8. The third-order valence-corrected chi connectivity index (χ3v) is 5.98. The molecule has 0 unspecified atom stereocenters. The lowest BCUT2D eigenvalue weighted by Crippen LogP contribution is -2.22. The molecule has 0 amide bonds. The van der Waals surface area contributed by atoms with Crippen LogP contribution in [0.1, 0.15) is 23.9 Å². The number of hydrogen-bond donors (Lipinski definition) is 0. The Kier molecular flexibility index (Phi) is 6.03. The van der Waals surface area contributed by atoms with Crippen molar-refractivity contribution in [3.05, 3.63) is 77.9 Å². The molecular weight excluding hydrogens is 360 g/mol. The van der Waals surface area contributed by atoms with Crippen LogP contribution >= 0.6 is 0 Å². The maximum absolute atomic E-state index is 12.5. The van der Waals surface area contributed by atoms with Gasteiger partial charge in [0.05, 0.1) is 29.9 Å². The number of imidazole rings is 1. The van der Waals surface area contributed by atoms with Crippen LogP contribution in [0.2, 0.25) is 0 Å². The van der Waals surface area contributed by atoms with Gasteiger partial charge in [0.15, 0.2) is 0 Å². The van der Waals surface area contributed by atoms with Gasteiger partial charge in [0.1, 0.15) is 0 Å². The third-order valence-electron chi connectivity index (χ3n) is 4.33. The van der Waals surface area contributed by atoms with Gasteiger partial charge in [-0.25, -0.2) is 13.4 Å². The van der Waals surface area contributed by atoms with Crippen LogP contribution in [0, 0.1) is 0 Å². The molecule has 0 fully saturated rings. The number of rotatable bonds is 8. The third kappa shape index (κ3) is 4.81. The van der Waals surface area contributed by atoms with Crippen LogP contribution in [0.4, 0.5) is 0 Å². The van der Waals surface area contributed by atoms with Crippen LogP contribution in [-0.4, -0.2) is 40.7 Å². The zero-order valence-corrected chi connectivity index (χ0v) is 16.4. The van der Waals surface area contributed by atoms with Crippen molar-refractivity contribution in [2.45, 2.75) is 31.7 Å². The second-order valence-electron chi connectivity index (χ2n) is 6.50. The second kappa shape index (κ2) is 8.45. The Hall–Kier alpha value is -2.51. The molecule has 2 heterocycles. The van der Waals surface area contributed by atoms with Crippen molar-refractivity contribution in [1.82, 2.24) is 19.4 Å². The molecule has 0 saturated heterocycles. The van der Waals surface area contributed by atoms with Gasteiger partial charge in [-0.15, -0.1) is 0 Å². The van der Waals surface area contributed by atoms with E-state index in [2.05, 4.69) is 14.9 Å². The topological polar surface area (TPSA) is 68.1 Å². The van der Waals surface area contributed by atoms with Crippen molar-refractivity contribution in [3.63, 3.8) is 0 Å². The van der Waals surface area contributed by atoms with E-state index in [-0.39, 0.29) is 10.9 Å². The maximum Gasteiger partial charge on any atom is 0.228 e. The number of sulfone groups is 1. The quantitative estimate of drug-likeness (QED) is 0.597. The molecule has 0 N–H and O–H groups in total. The number of nitrogens with zero attached hydrogens (tertiary/aromatic N) is 4. The van der Waals surface area contributed by atoms with E-state index in [1.807, 2.05) is 60.1 Å². The average Bonchev–Trinajstić information content (AvgIpc) is 3.06. The molecule has 0 spiro atoms. The molecule has 27 heavy (non-hydrogen) atoms. The van der Waals surface area contributed by atoms with Crippen molar-refractivity contribution < 1.29 is 8.42 Å². The van der Waals surface area contributed by atoms with Crippen LogP contribution in [0.3, 0.4) is 0 Å². The highest BCUT2D eigenvalue weighted by molar-refractivity contribution is 7.91. The largest absolute Gasteiger partial charge is 0.313 e. The van der Waals surface area contributed by atoms with E-state index < -0.39 is 9.84 Å². The summed E-state index contributed by atoms with van der Waals surface area (Å²) in [5.74, 6) is 0.0298. The molecule has 3 rings (SSSR count). The molecular formula is C20H24N4O2S. The molecule has 0 atom stereocenters. The van der Waals surface area contributed by atoms with E-state index in [1.165, 1.54) is 0 Å².